The third-order valence-corrected chi connectivity index (χ3v) is 7.74. The largest absolute Gasteiger partial charge is 0.543 e. The fraction of sp³-hybridized carbons (Fsp3) is 0.286. The number of nitrogen functional groups attached to an aromatic ring is 1. The summed E-state index contributed by atoms with van der Waals surface area (Å²) in [4.78, 5) is 47.7. The molecular weight excluding hydrogens is 524 g/mol. The number of nitrogens with two attached hydrogens (primary N) is 1. The summed E-state index contributed by atoms with van der Waals surface area (Å²) in [6, 6.07) is 2.64. The normalized spacial score (nSPS) is 19.6. The van der Waals surface area contributed by atoms with Crippen LogP contribution in [-0.2, 0) is 32.4 Å². The number of fused-ring (bicyclic) bond motifs is 2. The molecular formula is C21H20N8O6S2. The molecule has 0 aromatic carbocycles. The zero-order valence-corrected chi connectivity index (χ0v) is 20.9. The Hall–Kier alpha value is -4.02. The number of nitrogens with zero attached hydrogens (tertiary/aromatic N) is 6. The minimum atomic E-state index is -1.48. The summed E-state index contributed by atoms with van der Waals surface area (Å²) < 4.78 is 7.55. The van der Waals surface area contributed by atoms with Gasteiger partial charge in [-0.3, -0.25) is 14.5 Å². The number of carbonyl (C=O) groups is 3. The van der Waals surface area contributed by atoms with E-state index in [4.69, 9.17) is 10.6 Å². The van der Waals surface area contributed by atoms with Crippen molar-refractivity contribution in [2.24, 2.45) is 5.16 Å². The van der Waals surface area contributed by atoms with Gasteiger partial charge in [0.15, 0.2) is 11.3 Å². The second-order valence-corrected chi connectivity index (χ2v) is 9.94. The smallest absolute Gasteiger partial charge is 0.278 e. The number of rotatable bonds is 8. The Kier molecular flexibility index (Phi) is 6.53. The van der Waals surface area contributed by atoms with Crippen LogP contribution >= 0.6 is 23.3 Å². The molecule has 1 aromatic rings. The number of anilines is 1. The summed E-state index contributed by atoms with van der Waals surface area (Å²) >= 11 is 2.19. The van der Waals surface area contributed by atoms with Crippen LogP contribution in [0.5, 0.6) is 0 Å². The van der Waals surface area contributed by atoms with E-state index in [1.54, 1.807) is 23.0 Å². The highest BCUT2D eigenvalue weighted by atomic mass is 32.2. The number of oxime groups is 1. The monoisotopic (exact) mass is 544 g/mol. The van der Waals surface area contributed by atoms with Crippen molar-refractivity contribution in [3.05, 3.63) is 53.5 Å². The van der Waals surface area contributed by atoms with Crippen LogP contribution in [0.4, 0.5) is 5.13 Å². The first kappa shape index (κ1) is 24.7. The van der Waals surface area contributed by atoms with Crippen LogP contribution < -0.4 is 20.7 Å². The Bertz CT molecular complexity index is 1430. The van der Waals surface area contributed by atoms with Gasteiger partial charge in [0, 0.05) is 36.0 Å². The van der Waals surface area contributed by atoms with Crippen molar-refractivity contribution >= 4 is 51.9 Å². The zero-order valence-electron chi connectivity index (χ0n) is 19.2. The zero-order chi connectivity index (χ0) is 26.3. The standard InChI is InChI=1S/C21H20N8O6S2/c1-35-25-13(16-24-21(22)37-26-16)17(31)23-14-18(32)29-15(20(33)34)10(9-36-19(14)29)6-27-4-5-28-11(7-27)2-3-12(28)8-30/h2-5,7,14,19,30H,6,8-9H2,1H3,(H3-,22,23,24,26,31,33,34)/b25-13-/t14-,19-/m1/s1. The quantitative estimate of drug-likeness (QED) is 0.119. The predicted octanol–water partition coefficient (Wildman–Crippen LogP) is -2.42. The molecule has 1 aromatic heterocycles. The number of carbonyl (C=O) groups excluding carboxylic acids is 3. The number of aliphatic carboxylic acids is 1. The number of hydrogen-bond donors (Lipinski definition) is 3. The lowest BCUT2D eigenvalue weighted by molar-refractivity contribution is -0.604. The van der Waals surface area contributed by atoms with Gasteiger partial charge in [0.25, 0.3) is 11.8 Å². The van der Waals surface area contributed by atoms with Crippen LogP contribution in [0, 0.1) is 0 Å². The van der Waals surface area contributed by atoms with Crippen molar-refractivity contribution in [1.29, 1.82) is 0 Å². The highest BCUT2D eigenvalue weighted by Gasteiger charge is 2.53. The number of hydrogen-bond acceptors (Lipinski definition) is 12. The third-order valence-electron chi connectivity index (χ3n) is 5.85. The van der Waals surface area contributed by atoms with E-state index in [-0.39, 0.29) is 35.5 Å². The molecule has 0 unspecified atom stereocenters. The summed E-state index contributed by atoms with van der Waals surface area (Å²) in [6.07, 6.45) is 5.33. The molecule has 37 heavy (non-hydrogen) atoms. The van der Waals surface area contributed by atoms with Gasteiger partial charge in [0.05, 0.1) is 24.1 Å². The van der Waals surface area contributed by atoms with E-state index in [0.717, 1.165) is 27.8 Å². The second-order valence-electron chi connectivity index (χ2n) is 8.06. The second kappa shape index (κ2) is 9.79. The van der Waals surface area contributed by atoms with Gasteiger partial charge in [0.1, 0.15) is 25.1 Å². The van der Waals surface area contributed by atoms with Gasteiger partial charge in [0.2, 0.25) is 22.9 Å². The van der Waals surface area contributed by atoms with Crippen molar-refractivity contribution in [1.82, 2.24) is 24.1 Å². The molecule has 0 bridgehead atoms. The number of aliphatic hydroxyl groups excluding tert-OH is 1. The molecule has 0 spiro atoms. The topological polar surface area (TPSA) is 192 Å². The molecule has 0 saturated carbocycles. The molecule has 4 aliphatic heterocycles. The number of carboxylic acids is 1. The molecule has 5 rings (SSSR count). The molecule has 1 fully saturated rings. The predicted molar refractivity (Wildman–Crippen MR) is 128 cm³/mol. The Morgan fingerprint density at radius 3 is 2.92 bits per heavy atom. The van der Waals surface area contributed by atoms with Crippen molar-refractivity contribution in [3.8, 4) is 5.69 Å². The lowest BCUT2D eigenvalue weighted by Crippen LogP contribution is -2.71. The maximum Gasteiger partial charge on any atom is 0.278 e. The average molecular weight is 545 g/mol. The van der Waals surface area contributed by atoms with E-state index in [2.05, 4.69) is 19.8 Å². The van der Waals surface area contributed by atoms with Gasteiger partial charge in [-0.05, 0) is 5.57 Å². The van der Waals surface area contributed by atoms with Gasteiger partial charge >= 0.3 is 0 Å². The van der Waals surface area contributed by atoms with Crippen molar-refractivity contribution in [2.75, 3.05) is 18.6 Å². The lowest BCUT2D eigenvalue weighted by Gasteiger charge is -2.50. The molecule has 16 heteroatoms. The number of thioether (sulfide) groups is 1. The van der Waals surface area contributed by atoms with Crippen molar-refractivity contribution < 1.29 is 34.0 Å². The molecule has 4 aliphatic rings. The molecule has 4 N–H and O–H groups in total. The number of β-lactam (4-membered cyclic amide) rings is 1. The van der Waals surface area contributed by atoms with Crippen LogP contribution in [-0.4, -0.2) is 71.7 Å². The number of amides is 2. The molecule has 0 aliphatic carbocycles. The fourth-order valence-corrected chi connectivity index (χ4v) is 5.99. The van der Waals surface area contributed by atoms with Gasteiger partial charge in [-0.15, -0.1) is 11.8 Å². The van der Waals surface area contributed by atoms with Gasteiger partial charge in [-0.25, -0.2) is 0 Å². The molecule has 192 valence electrons. The van der Waals surface area contributed by atoms with Crippen molar-refractivity contribution in [3.63, 3.8) is 0 Å². The minimum absolute atomic E-state index is 0.0533. The molecule has 0 radical (unpaired) electrons. The number of aromatic nitrogens is 4. The van der Waals surface area contributed by atoms with Gasteiger partial charge < -0.3 is 35.5 Å². The van der Waals surface area contributed by atoms with Crippen LogP contribution in [0.25, 0.3) is 5.69 Å². The first-order chi connectivity index (χ1) is 17.8. The summed E-state index contributed by atoms with van der Waals surface area (Å²) in [5.41, 5.74) is 7.14. The first-order valence-corrected chi connectivity index (χ1v) is 12.6. The van der Waals surface area contributed by atoms with E-state index in [9.17, 15) is 24.6 Å². The van der Waals surface area contributed by atoms with E-state index in [1.165, 1.54) is 18.9 Å². The molecule has 2 atom stereocenters. The van der Waals surface area contributed by atoms with E-state index in [0.29, 0.717) is 11.3 Å². The van der Waals surface area contributed by atoms with Crippen LogP contribution in [0.15, 0.2) is 47.1 Å². The van der Waals surface area contributed by atoms with Crippen LogP contribution in [0.3, 0.4) is 0 Å². The van der Waals surface area contributed by atoms with E-state index >= 15 is 0 Å². The Labute approximate surface area is 217 Å². The van der Waals surface area contributed by atoms with E-state index < -0.39 is 29.2 Å². The van der Waals surface area contributed by atoms with Crippen LogP contribution in [0.1, 0.15) is 11.5 Å². The lowest BCUT2D eigenvalue weighted by atomic mass is 10.0. The minimum Gasteiger partial charge on any atom is -0.543 e. The summed E-state index contributed by atoms with van der Waals surface area (Å²) in [7, 11) is 1.24. The number of nitrogens with one attached hydrogen (secondary N) is 1. The van der Waals surface area contributed by atoms with Crippen LogP contribution in [0.2, 0.25) is 0 Å². The molecule has 2 amide bonds. The van der Waals surface area contributed by atoms with Gasteiger partial charge in [-0.2, -0.15) is 13.9 Å². The molecule has 1 saturated heterocycles. The molecule has 5 heterocycles. The maximum absolute atomic E-state index is 13.0. The summed E-state index contributed by atoms with van der Waals surface area (Å²) in [6.45, 7) is 0.0969. The Morgan fingerprint density at radius 1 is 1.43 bits per heavy atom. The van der Waals surface area contributed by atoms with Gasteiger partial charge in [-0.1, -0.05) is 5.16 Å². The Morgan fingerprint density at radius 2 is 2.24 bits per heavy atom. The highest BCUT2D eigenvalue weighted by Crippen LogP contribution is 2.40. The number of carboxylic acid groups (broad SMARTS) is 1. The Balaban J connectivity index is 1.35. The number of aliphatic hydroxyl groups is 1. The SMILES string of the molecule is CO/N=C(\C(=O)N[C@@H]1C(=O)N2C(C(=O)[O-])=C(Cn3cc[n+]4c(CO)ccc-4c3)CS[C@H]12)c1nsc(N)n1. The maximum atomic E-state index is 13.0. The third kappa shape index (κ3) is 4.38. The highest BCUT2D eigenvalue weighted by molar-refractivity contribution is 8.00. The van der Waals surface area contributed by atoms with Crippen molar-refractivity contribution in [2.45, 2.75) is 24.6 Å². The van der Waals surface area contributed by atoms with E-state index in [1.807, 2.05) is 16.8 Å². The average Bonchev–Trinajstić information content (AvgIpc) is 3.50. The molecule has 14 nitrogen and oxygen atoms in total. The summed E-state index contributed by atoms with van der Waals surface area (Å²) in [5, 5.41) is 27.2. The first-order valence-electron chi connectivity index (χ1n) is 10.8. The fourth-order valence-electron chi connectivity index (χ4n) is 4.22. The summed E-state index contributed by atoms with van der Waals surface area (Å²) in [5.74, 6) is -2.59.